The molecule has 1 aliphatic rings. The van der Waals surface area contributed by atoms with Gasteiger partial charge in [-0.05, 0) is 80.9 Å². The normalized spacial score (nSPS) is 13.2. The first kappa shape index (κ1) is 24.6. The quantitative estimate of drug-likeness (QED) is 0.284. The van der Waals surface area contributed by atoms with Crippen molar-refractivity contribution in [2.24, 2.45) is 5.92 Å². The number of rotatable bonds is 9. The van der Waals surface area contributed by atoms with Crippen molar-refractivity contribution >= 4 is 28.1 Å². The molecule has 7 nitrogen and oxygen atoms in total. The highest BCUT2D eigenvalue weighted by Crippen LogP contribution is 2.39. The lowest BCUT2D eigenvalue weighted by atomic mass is 9.98. The van der Waals surface area contributed by atoms with Crippen molar-refractivity contribution in [3.63, 3.8) is 0 Å². The fourth-order valence-corrected chi connectivity index (χ4v) is 4.18. The molecule has 0 aliphatic heterocycles. The van der Waals surface area contributed by atoms with E-state index in [0.29, 0.717) is 46.1 Å². The van der Waals surface area contributed by atoms with Gasteiger partial charge >= 0.3 is 0 Å². The van der Waals surface area contributed by atoms with E-state index in [2.05, 4.69) is 15.3 Å². The Hall–Kier alpha value is -4.04. The lowest BCUT2D eigenvalue weighted by Crippen LogP contribution is -2.19. The van der Waals surface area contributed by atoms with Gasteiger partial charge in [-0.3, -0.25) is 9.78 Å². The molecule has 4 aromatic rings. The molecule has 0 spiro atoms. The average molecular weight is 501 g/mol. The van der Waals surface area contributed by atoms with Gasteiger partial charge in [-0.1, -0.05) is 6.07 Å². The van der Waals surface area contributed by atoms with E-state index in [-0.39, 0.29) is 17.5 Å². The van der Waals surface area contributed by atoms with Gasteiger partial charge in [-0.25, -0.2) is 9.37 Å². The summed E-state index contributed by atoms with van der Waals surface area (Å²) in [5.74, 6) is -0.433. The largest absolute Gasteiger partial charge is 0.505 e. The van der Waals surface area contributed by atoms with Crippen LogP contribution in [0.25, 0.3) is 22.0 Å². The van der Waals surface area contributed by atoms with Gasteiger partial charge < -0.3 is 20.1 Å². The van der Waals surface area contributed by atoms with Crippen molar-refractivity contribution in [2.75, 3.05) is 32.6 Å². The fraction of sp³-hybridized carbons (Fsp3) is 0.276. The number of fused-ring (bicyclic) bond motifs is 1. The number of aromatic hydroxyl groups is 1. The molecule has 37 heavy (non-hydrogen) atoms. The number of ether oxygens (including phenoxy) is 1. The van der Waals surface area contributed by atoms with E-state index in [9.17, 15) is 14.3 Å². The van der Waals surface area contributed by atoms with Crippen LogP contribution in [0, 0.1) is 18.7 Å². The Kier molecular flexibility index (Phi) is 6.76. The van der Waals surface area contributed by atoms with Gasteiger partial charge in [-0.15, -0.1) is 0 Å². The number of carbonyl (C=O) groups excluding carboxylic acids is 1. The van der Waals surface area contributed by atoms with E-state index in [0.717, 1.165) is 30.3 Å². The lowest BCUT2D eigenvalue weighted by molar-refractivity contribution is 0.0968. The van der Waals surface area contributed by atoms with Crippen LogP contribution in [-0.4, -0.2) is 53.0 Å². The smallest absolute Gasteiger partial charge is 0.213 e. The summed E-state index contributed by atoms with van der Waals surface area (Å²) in [7, 11) is 3.96. The molecule has 0 atom stereocenters. The van der Waals surface area contributed by atoms with Crippen molar-refractivity contribution in [1.29, 1.82) is 0 Å². The van der Waals surface area contributed by atoms with E-state index in [1.807, 2.05) is 43.3 Å². The predicted molar refractivity (Wildman–Crippen MR) is 142 cm³/mol. The number of carbonyl (C=O) groups is 1. The summed E-state index contributed by atoms with van der Waals surface area (Å²) >= 11 is 0. The Labute approximate surface area is 214 Å². The van der Waals surface area contributed by atoms with Crippen LogP contribution in [-0.2, 0) is 0 Å². The van der Waals surface area contributed by atoms with Gasteiger partial charge in [0, 0.05) is 30.1 Å². The minimum Gasteiger partial charge on any atom is -0.505 e. The van der Waals surface area contributed by atoms with E-state index in [4.69, 9.17) is 4.74 Å². The third-order valence-electron chi connectivity index (χ3n) is 6.46. The number of aryl methyl sites for hydroxylation is 1. The predicted octanol–water partition coefficient (Wildman–Crippen LogP) is 5.73. The molecule has 2 heterocycles. The van der Waals surface area contributed by atoms with Gasteiger partial charge in [-0.2, -0.15) is 0 Å². The molecule has 5 rings (SSSR count). The van der Waals surface area contributed by atoms with E-state index in [1.165, 1.54) is 6.07 Å². The minimum atomic E-state index is -0.678. The van der Waals surface area contributed by atoms with Crippen LogP contribution in [0.2, 0.25) is 0 Å². The van der Waals surface area contributed by atoms with Gasteiger partial charge in [0.1, 0.15) is 6.61 Å². The number of hydrogen-bond donors (Lipinski definition) is 2. The molecule has 2 N–H and O–H groups in total. The van der Waals surface area contributed by atoms with Crippen molar-refractivity contribution in [3.8, 4) is 22.8 Å². The molecule has 190 valence electrons. The maximum absolute atomic E-state index is 14.3. The van der Waals surface area contributed by atoms with Gasteiger partial charge in [0.15, 0.2) is 17.3 Å². The number of halogens is 1. The zero-order valence-corrected chi connectivity index (χ0v) is 21.1. The number of Topliss-reactive ketones (excluding diaryl/α,β-unsaturated/α-hetero) is 1. The first-order valence-electron chi connectivity index (χ1n) is 12.3. The van der Waals surface area contributed by atoms with Crippen molar-refractivity contribution in [3.05, 3.63) is 71.8 Å². The second-order valence-corrected chi connectivity index (χ2v) is 9.70. The van der Waals surface area contributed by atoms with Crippen LogP contribution in [0.4, 0.5) is 15.8 Å². The maximum atomic E-state index is 14.3. The third kappa shape index (κ3) is 5.39. The van der Waals surface area contributed by atoms with E-state index >= 15 is 0 Å². The van der Waals surface area contributed by atoms with Gasteiger partial charge in [0.25, 0.3) is 0 Å². The van der Waals surface area contributed by atoms with Gasteiger partial charge in [0.2, 0.25) is 5.88 Å². The number of anilines is 2. The number of nitrogens with one attached hydrogen (secondary N) is 1. The number of benzene rings is 2. The molecule has 1 aliphatic carbocycles. The first-order valence-corrected chi connectivity index (χ1v) is 12.3. The molecule has 1 saturated carbocycles. The molecular formula is C29H29FN4O3. The second kappa shape index (κ2) is 10.1. The summed E-state index contributed by atoms with van der Waals surface area (Å²) < 4.78 is 20.0. The highest BCUT2D eigenvalue weighted by atomic mass is 19.1. The molecule has 8 heteroatoms. The number of pyridine rings is 2. The maximum Gasteiger partial charge on any atom is 0.213 e. The molecule has 0 radical (unpaired) electrons. The Bertz CT molecular complexity index is 1440. The van der Waals surface area contributed by atoms with Crippen LogP contribution >= 0.6 is 0 Å². The van der Waals surface area contributed by atoms with Crippen LogP contribution < -0.4 is 10.1 Å². The Morgan fingerprint density at radius 1 is 1.11 bits per heavy atom. The number of aromatic nitrogens is 2. The highest BCUT2D eigenvalue weighted by molar-refractivity contribution is 6.11. The number of phenolic OH excluding ortho intramolecular Hbond substituents is 1. The SMILES string of the molecule is Cc1cc(-c2ccc3ncc(C(=O)C4CC4)c(Nc4ccc(OCCN(C)C)nc4)c3c2)cc(F)c1O. The van der Waals surface area contributed by atoms with Crippen LogP contribution in [0.1, 0.15) is 28.8 Å². The molecule has 0 saturated heterocycles. The minimum absolute atomic E-state index is 0.0161. The van der Waals surface area contributed by atoms with Crippen molar-refractivity contribution in [2.45, 2.75) is 19.8 Å². The highest BCUT2D eigenvalue weighted by Gasteiger charge is 2.32. The standard InChI is InChI=1S/C29H29FN4O3/c1-17-12-20(14-24(30)28(17)35)19-6-8-25-22(13-19)27(23(16-31-25)29(36)18-4-5-18)33-21-7-9-26(32-15-21)37-11-10-34(2)3/h6-9,12-16,18,35H,4-5,10-11H2,1-3H3,(H,31,33). The fourth-order valence-electron chi connectivity index (χ4n) is 4.18. The summed E-state index contributed by atoms with van der Waals surface area (Å²) in [5.41, 5.74) is 4.39. The lowest BCUT2D eigenvalue weighted by Gasteiger charge is -2.16. The summed E-state index contributed by atoms with van der Waals surface area (Å²) in [6, 6.07) is 12.3. The molecule has 0 unspecified atom stereocenters. The summed E-state index contributed by atoms with van der Waals surface area (Å²) in [6.45, 7) is 2.97. The molecule has 1 fully saturated rings. The number of phenols is 1. The van der Waals surface area contributed by atoms with Crippen LogP contribution in [0.15, 0.2) is 54.9 Å². The summed E-state index contributed by atoms with van der Waals surface area (Å²) in [4.78, 5) is 24.2. The molecule has 2 aromatic carbocycles. The number of nitrogens with zero attached hydrogens (tertiary/aromatic N) is 3. The monoisotopic (exact) mass is 500 g/mol. The number of likely N-dealkylation sites (N-methyl/N-ethyl adjacent to an activating group) is 1. The van der Waals surface area contributed by atoms with Crippen LogP contribution in [0.5, 0.6) is 11.6 Å². The zero-order valence-electron chi connectivity index (χ0n) is 21.1. The molecule has 0 amide bonds. The Balaban J connectivity index is 1.54. The Morgan fingerprint density at radius 2 is 1.92 bits per heavy atom. The molecular weight excluding hydrogens is 471 g/mol. The second-order valence-electron chi connectivity index (χ2n) is 9.70. The summed E-state index contributed by atoms with van der Waals surface area (Å²) in [5, 5.41) is 14.0. The zero-order chi connectivity index (χ0) is 26.1. The molecule has 0 bridgehead atoms. The molecule has 2 aromatic heterocycles. The average Bonchev–Trinajstić information content (AvgIpc) is 3.73. The third-order valence-corrected chi connectivity index (χ3v) is 6.46. The Morgan fingerprint density at radius 3 is 2.59 bits per heavy atom. The number of ketones is 1. The van der Waals surface area contributed by atoms with E-state index in [1.54, 1.807) is 31.5 Å². The van der Waals surface area contributed by atoms with Crippen molar-refractivity contribution in [1.82, 2.24) is 14.9 Å². The first-order chi connectivity index (χ1) is 17.8. The van der Waals surface area contributed by atoms with E-state index < -0.39 is 5.82 Å². The van der Waals surface area contributed by atoms with Gasteiger partial charge in [0.05, 0.1) is 28.7 Å². The van der Waals surface area contributed by atoms with Crippen molar-refractivity contribution < 1.29 is 19.0 Å². The topological polar surface area (TPSA) is 87.6 Å². The number of hydrogen-bond acceptors (Lipinski definition) is 7. The summed E-state index contributed by atoms with van der Waals surface area (Å²) in [6.07, 6.45) is 5.05. The van der Waals surface area contributed by atoms with Crippen LogP contribution in [0.3, 0.4) is 0 Å².